The Labute approximate surface area is 179 Å². The van der Waals surface area contributed by atoms with Gasteiger partial charge in [-0.1, -0.05) is 19.1 Å². The minimum absolute atomic E-state index is 0.294. The Morgan fingerprint density at radius 3 is 2.63 bits per heavy atom. The lowest BCUT2D eigenvalue weighted by atomic mass is 9.83. The van der Waals surface area contributed by atoms with Gasteiger partial charge in [-0.3, -0.25) is 19.8 Å². The average molecular weight is 408 g/mol. The number of aliphatic imine (C=N–C) groups is 1. The summed E-state index contributed by atoms with van der Waals surface area (Å²) in [4.78, 5) is 31.0. The van der Waals surface area contributed by atoms with Crippen LogP contribution in [0, 0.1) is 11.8 Å². The second kappa shape index (κ2) is 9.21. The third kappa shape index (κ3) is 4.53. The summed E-state index contributed by atoms with van der Waals surface area (Å²) >= 11 is 0. The zero-order valence-corrected chi connectivity index (χ0v) is 18.4. The molecule has 4 rings (SSSR count). The van der Waals surface area contributed by atoms with E-state index in [1.54, 1.807) is 19.4 Å². The summed E-state index contributed by atoms with van der Waals surface area (Å²) in [6, 6.07) is 4.25. The summed E-state index contributed by atoms with van der Waals surface area (Å²) in [5, 5.41) is 0. The fraction of sp³-hybridized carbons (Fsp3) is 0.583. The number of piperidine rings is 2. The zero-order chi connectivity index (χ0) is 21.1. The first-order valence-corrected chi connectivity index (χ1v) is 11.2. The highest BCUT2D eigenvalue weighted by Gasteiger charge is 2.31. The largest absolute Gasteiger partial charge is 0.342 e. The van der Waals surface area contributed by atoms with Crippen LogP contribution in [0.5, 0.6) is 0 Å². The van der Waals surface area contributed by atoms with Gasteiger partial charge in [-0.05, 0) is 56.8 Å². The standard InChI is InChI=1S/C24H33N5O/c1-17-12-20(16-29(15-17)22(30)13-18-6-10-28(3)11-7-18)21-5-4-19(14-25-2)23-24(21)27-9-8-26-23/h4-5,8-9,14,17-18,20H,6-7,10-13,15-16H2,1-3H3/t17-,20+/m0/s1. The van der Waals surface area contributed by atoms with Crippen LogP contribution in [-0.4, -0.2) is 72.2 Å². The van der Waals surface area contributed by atoms with Crippen molar-refractivity contribution in [3.8, 4) is 0 Å². The molecule has 2 saturated heterocycles. The van der Waals surface area contributed by atoms with Gasteiger partial charge in [0.25, 0.3) is 0 Å². The van der Waals surface area contributed by atoms with Crippen molar-refractivity contribution < 1.29 is 4.79 Å². The normalized spacial score (nSPS) is 24.0. The molecule has 0 N–H and O–H groups in total. The summed E-state index contributed by atoms with van der Waals surface area (Å²) in [7, 11) is 3.94. The smallest absolute Gasteiger partial charge is 0.222 e. The maximum atomic E-state index is 13.1. The molecule has 0 aliphatic carbocycles. The number of amides is 1. The Bertz CT molecular complexity index is 919. The van der Waals surface area contributed by atoms with Crippen LogP contribution in [0.25, 0.3) is 11.0 Å². The number of hydrogen-bond donors (Lipinski definition) is 0. The lowest BCUT2D eigenvalue weighted by molar-refractivity contribution is -0.134. The molecule has 1 aromatic heterocycles. The van der Waals surface area contributed by atoms with Crippen molar-refractivity contribution in [3.05, 3.63) is 35.7 Å². The molecule has 1 aromatic carbocycles. The highest BCUT2D eigenvalue weighted by molar-refractivity contribution is 5.97. The quantitative estimate of drug-likeness (QED) is 0.729. The molecule has 2 aliphatic rings. The van der Waals surface area contributed by atoms with Crippen molar-refractivity contribution in [2.45, 2.75) is 38.5 Å². The Morgan fingerprint density at radius 2 is 1.90 bits per heavy atom. The molecule has 6 heteroatoms. The van der Waals surface area contributed by atoms with Gasteiger partial charge in [0.2, 0.25) is 5.91 Å². The minimum Gasteiger partial charge on any atom is -0.342 e. The number of benzene rings is 1. The predicted molar refractivity (Wildman–Crippen MR) is 121 cm³/mol. The number of aromatic nitrogens is 2. The monoisotopic (exact) mass is 407 g/mol. The van der Waals surface area contributed by atoms with E-state index in [0.29, 0.717) is 30.1 Å². The van der Waals surface area contributed by atoms with E-state index in [-0.39, 0.29) is 0 Å². The highest BCUT2D eigenvalue weighted by atomic mass is 16.2. The van der Waals surface area contributed by atoms with Gasteiger partial charge in [0.05, 0.1) is 11.0 Å². The maximum absolute atomic E-state index is 13.1. The minimum atomic E-state index is 0.294. The van der Waals surface area contributed by atoms with E-state index in [1.165, 1.54) is 5.56 Å². The van der Waals surface area contributed by atoms with Crippen LogP contribution in [0.1, 0.15) is 49.7 Å². The molecule has 0 radical (unpaired) electrons. The van der Waals surface area contributed by atoms with E-state index < -0.39 is 0 Å². The highest BCUT2D eigenvalue weighted by Crippen LogP contribution is 2.34. The molecule has 1 amide bonds. The maximum Gasteiger partial charge on any atom is 0.222 e. The van der Waals surface area contributed by atoms with Gasteiger partial charge >= 0.3 is 0 Å². The molecule has 0 unspecified atom stereocenters. The van der Waals surface area contributed by atoms with Crippen LogP contribution in [-0.2, 0) is 4.79 Å². The van der Waals surface area contributed by atoms with Crippen molar-refractivity contribution in [2.75, 3.05) is 40.3 Å². The molecule has 3 heterocycles. The molecule has 2 fully saturated rings. The Balaban J connectivity index is 1.54. The topological polar surface area (TPSA) is 61.7 Å². The first kappa shape index (κ1) is 20.9. The molecular formula is C24H33N5O. The van der Waals surface area contributed by atoms with Gasteiger partial charge in [-0.25, -0.2) is 0 Å². The molecule has 6 nitrogen and oxygen atoms in total. The van der Waals surface area contributed by atoms with Crippen LogP contribution in [0.3, 0.4) is 0 Å². The fourth-order valence-corrected chi connectivity index (χ4v) is 5.09. The molecule has 2 atom stereocenters. The van der Waals surface area contributed by atoms with Crippen LogP contribution in [0.15, 0.2) is 29.5 Å². The Kier molecular flexibility index (Phi) is 6.42. The summed E-state index contributed by atoms with van der Waals surface area (Å²) < 4.78 is 0. The van der Waals surface area contributed by atoms with Crippen molar-refractivity contribution in [3.63, 3.8) is 0 Å². The SMILES string of the molecule is CN=Cc1ccc([C@@H]2C[C@H](C)CN(C(=O)CC3CCN(C)CC3)C2)c2nccnc12. The number of carbonyl (C=O) groups is 1. The lowest BCUT2D eigenvalue weighted by Crippen LogP contribution is -2.43. The second-order valence-electron chi connectivity index (χ2n) is 9.17. The third-order valence-electron chi connectivity index (χ3n) is 6.71. The van der Waals surface area contributed by atoms with Gasteiger partial charge in [0.1, 0.15) is 0 Å². The Morgan fingerprint density at radius 1 is 1.17 bits per heavy atom. The summed E-state index contributed by atoms with van der Waals surface area (Å²) in [6.07, 6.45) is 9.37. The molecule has 2 aliphatic heterocycles. The fourth-order valence-electron chi connectivity index (χ4n) is 5.09. The molecule has 30 heavy (non-hydrogen) atoms. The number of likely N-dealkylation sites (tertiary alicyclic amines) is 2. The van der Waals surface area contributed by atoms with Crippen LogP contribution in [0.4, 0.5) is 0 Å². The van der Waals surface area contributed by atoms with Gasteiger partial charge in [-0.2, -0.15) is 0 Å². The van der Waals surface area contributed by atoms with Gasteiger partial charge < -0.3 is 9.80 Å². The number of carbonyl (C=O) groups excluding carboxylic acids is 1. The van der Waals surface area contributed by atoms with E-state index in [2.05, 4.69) is 50.9 Å². The van der Waals surface area contributed by atoms with E-state index in [4.69, 9.17) is 0 Å². The molecule has 0 saturated carbocycles. The Hall–Kier alpha value is -2.34. The van der Waals surface area contributed by atoms with E-state index >= 15 is 0 Å². The molecule has 2 aromatic rings. The molecular weight excluding hydrogens is 374 g/mol. The number of rotatable bonds is 4. The van der Waals surface area contributed by atoms with Crippen molar-refractivity contribution in [1.82, 2.24) is 19.8 Å². The summed E-state index contributed by atoms with van der Waals surface area (Å²) in [5.41, 5.74) is 4.03. The number of fused-ring (bicyclic) bond motifs is 1. The first-order valence-electron chi connectivity index (χ1n) is 11.2. The zero-order valence-electron chi connectivity index (χ0n) is 18.4. The number of hydrogen-bond acceptors (Lipinski definition) is 5. The van der Waals surface area contributed by atoms with E-state index in [0.717, 1.165) is 62.0 Å². The van der Waals surface area contributed by atoms with Crippen molar-refractivity contribution in [1.29, 1.82) is 0 Å². The second-order valence-corrected chi connectivity index (χ2v) is 9.17. The van der Waals surface area contributed by atoms with E-state index in [1.807, 2.05) is 6.21 Å². The molecule has 0 bridgehead atoms. The molecule has 160 valence electrons. The summed E-state index contributed by atoms with van der Waals surface area (Å²) in [5.74, 6) is 1.63. The summed E-state index contributed by atoms with van der Waals surface area (Å²) in [6.45, 7) is 6.12. The van der Waals surface area contributed by atoms with Crippen LogP contribution in [0.2, 0.25) is 0 Å². The van der Waals surface area contributed by atoms with E-state index in [9.17, 15) is 4.79 Å². The number of nitrogens with zero attached hydrogens (tertiary/aromatic N) is 5. The molecule has 0 spiro atoms. The van der Waals surface area contributed by atoms with Crippen LogP contribution >= 0.6 is 0 Å². The lowest BCUT2D eigenvalue weighted by Gasteiger charge is -2.38. The average Bonchev–Trinajstić information content (AvgIpc) is 2.75. The van der Waals surface area contributed by atoms with Gasteiger partial charge in [-0.15, -0.1) is 0 Å². The van der Waals surface area contributed by atoms with Crippen molar-refractivity contribution in [2.24, 2.45) is 16.8 Å². The predicted octanol–water partition coefficient (Wildman–Crippen LogP) is 3.36. The van der Waals surface area contributed by atoms with Crippen LogP contribution < -0.4 is 0 Å². The van der Waals surface area contributed by atoms with Gasteiger partial charge in [0, 0.05) is 56.6 Å². The first-order chi connectivity index (χ1) is 14.5. The third-order valence-corrected chi connectivity index (χ3v) is 6.71. The van der Waals surface area contributed by atoms with Crippen molar-refractivity contribution >= 4 is 23.2 Å². The van der Waals surface area contributed by atoms with Gasteiger partial charge in [0.15, 0.2) is 0 Å².